The molecule has 2 unspecified atom stereocenters. The zero-order valence-electron chi connectivity index (χ0n) is 12.8. The summed E-state index contributed by atoms with van der Waals surface area (Å²) >= 11 is 0. The molecular formula is C15H30N2O. The van der Waals surface area contributed by atoms with Crippen molar-refractivity contribution in [3.8, 4) is 0 Å². The van der Waals surface area contributed by atoms with E-state index in [4.69, 9.17) is 0 Å². The SMILES string of the molecule is CCCC(C)(C)NC(=O)CN1C(C)CCCC1C. The van der Waals surface area contributed by atoms with Crippen LogP contribution in [0.5, 0.6) is 0 Å². The van der Waals surface area contributed by atoms with Crippen LogP contribution in [0.15, 0.2) is 0 Å². The van der Waals surface area contributed by atoms with Gasteiger partial charge in [0.2, 0.25) is 5.91 Å². The molecule has 0 radical (unpaired) electrons. The van der Waals surface area contributed by atoms with Crippen LogP contribution in [0.2, 0.25) is 0 Å². The van der Waals surface area contributed by atoms with Gasteiger partial charge in [-0.15, -0.1) is 0 Å². The lowest BCUT2D eigenvalue weighted by Gasteiger charge is -2.39. The van der Waals surface area contributed by atoms with Crippen LogP contribution in [0.25, 0.3) is 0 Å². The zero-order chi connectivity index (χ0) is 13.8. The second kappa shape index (κ2) is 6.55. The molecule has 18 heavy (non-hydrogen) atoms. The van der Waals surface area contributed by atoms with Crippen molar-refractivity contribution in [3.63, 3.8) is 0 Å². The highest BCUT2D eigenvalue weighted by Gasteiger charge is 2.28. The maximum absolute atomic E-state index is 12.1. The molecule has 0 saturated carbocycles. The smallest absolute Gasteiger partial charge is 0.234 e. The molecule has 0 aromatic heterocycles. The average molecular weight is 254 g/mol. The Bertz CT molecular complexity index is 266. The molecule has 1 rings (SSSR count). The highest BCUT2D eigenvalue weighted by Crippen LogP contribution is 2.22. The third kappa shape index (κ3) is 4.60. The number of piperidine rings is 1. The van der Waals surface area contributed by atoms with Crippen LogP contribution in [0, 0.1) is 0 Å². The minimum Gasteiger partial charge on any atom is -0.350 e. The van der Waals surface area contributed by atoms with E-state index in [1.54, 1.807) is 0 Å². The van der Waals surface area contributed by atoms with Crippen molar-refractivity contribution in [3.05, 3.63) is 0 Å². The van der Waals surface area contributed by atoms with Crippen LogP contribution in [0.3, 0.4) is 0 Å². The van der Waals surface area contributed by atoms with Crippen LogP contribution in [-0.2, 0) is 4.79 Å². The number of amides is 1. The number of nitrogens with one attached hydrogen (secondary N) is 1. The highest BCUT2D eigenvalue weighted by atomic mass is 16.2. The van der Waals surface area contributed by atoms with Gasteiger partial charge < -0.3 is 5.32 Å². The van der Waals surface area contributed by atoms with Crippen molar-refractivity contribution in [2.75, 3.05) is 6.54 Å². The van der Waals surface area contributed by atoms with Crippen molar-refractivity contribution < 1.29 is 4.79 Å². The summed E-state index contributed by atoms with van der Waals surface area (Å²) in [6.45, 7) is 11.4. The molecule has 1 amide bonds. The van der Waals surface area contributed by atoms with Crippen molar-refractivity contribution in [2.24, 2.45) is 0 Å². The summed E-state index contributed by atoms with van der Waals surface area (Å²) in [5.41, 5.74) is -0.0753. The van der Waals surface area contributed by atoms with E-state index in [2.05, 4.69) is 44.8 Å². The molecule has 1 aliphatic heterocycles. The van der Waals surface area contributed by atoms with Gasteiger partial charge in [-0.05, 0) is 47.0 Å². The number of likely N-dealkylation sites (tertiary alicyclic amines) is 1. The first-order valence-electron chi connectivity index (χ1n) is 7.42. The predicted molar refractivity (Wildman–Crippen MR) is 76.6 cm³/mol. The molecule has 1 N–H and O–H groups in total. The largest absolute Gasteiger partial charge is 0.350 e. The molecule has 3 heteroatoms. The molecule has 0 aromatic rings. The van der Waals surface area contributed by atoms with Crippen LogP contribution >= 0.6 is 0 Å². The fourth-order valence-electron chi connectivity index (χ4n) is 3.06. The van der Waals surface area contributed by atoms with E-state index in [9.17, 15) is 4.79 Å². The van der Waals surface area contributed by atoms with Gasteiger partial charge in [-0.1, -0.05) is 19.8 Å². The number of carbonyl (C=O) groups excluding carboxylic acids is 1. The third-order valence-corrected chi connectivity index (χ3v) is 4.06. The first kappa shape index (κ1) is 15.5. The van der Waals surface area contributed by atoms with Gasteiger partial charge in [0.1, 0.15) is 0 Å². The van der Waals surface area contributed by atoms with Gasteiger partial charge in [-0.3, -0.25) is 9.69 Å². The topological polar surface area (TPSA) is 32.3 Å². The maximum atomic E-state index is 12.1. The van der Waals surface area contributed by atoms with Gasteiger partial charge in [-0.2, -0.15) is 0 Å². The molecule has 0 aliphatic carbocycles. The van der Waals surface area contributed by atoms with E-state index in [1.807, 2.05) is 0 Å². The van der Waals surface area contributed by atoms with E-state index < -0.39 is 0 Å². The summed E-state index contributed by atoms with van der Waals surface area (Å²) in [6, 6.07) is 1.07. The lowest BCUT2D eigenvalue weighted by Crippen LogP contribution is -2.52. The van der Waals surface area contributed by atoms with Gasteiger partial charge in [-0.25, -0.2) is 0 Å². The maximum Gasteiger partial charge on any atom is 0.234 e. The number of rotatable bonds is 5. The quantitative estimate of drug-likeness (QED) is 0.818. The molecule has 0 aromatic carbocycles. The highest BCUT2D eigenvalue weighted by molar-refractivity contribution is 5.78. The van der Waals surface area contributed by atoms with E-state index >= 15 is 0 Å². The van der Waals surface area contributed by atoms with E-state index in [0.717, 1.165) is 12.8 Å². The molecule has 1 saturated heterocycles. The molecule has 2 atom stereocenters. The normalized spacial score (nSPS) is 26.1. The van der Waals surface area contributed by atoms with Crippen LogP contribution in [-0.4, -0.2) is 35.0 Å². The number of carbonyl (C=O) groups is 1. The second-order valence-corrected chi connectivity index (χ2v) is 6.48. The van der Waals surface area contributed by atoms with Crippen LogP contribution in [0.4, 0.5) is 0 Å². The Morgan fingerprint density at radius 3 is 2.33 bits per heavy atom. The number of hydrogen-bond donors (Lipinski definition) is 1. The third-order valence-electron chi connectivity index (χ3n) is 4.06. The Labute approximate surface area is 112 Å². The lowest BCUT2D eigenvalue weighted by atomic mass is 9.97. The molecule has 1 fully saturated rings. The summed E-state index contributed by atoms with van der Waals surface area (Å²) < 4.78 is 0. The summed E-state index contributed by atoms with van der Waals surface area (Å²) in [6.07, 6.45) is 5.86. The standard InChI is InChI=1S/C15H30N2O/c1-6-10-15(4,5)16-14(18)11-17-12(2)8-7-9-13(17)3/h12-13H,6-11H2,1-5H3,(H,16,18). The van der Waals surface area contributed by atoms with Crippen molar-refractivity contribution in [1.29, 1.82) is 0 Å². The van der Waals surface area contributed by atoms with Gasteiger partial charge in [0.15, 0.2) is 0 Å². The van der Waals surface area contributed by atoms with E-state index in [-0.39, 0.29) is 11.4 Å². The summed E-state index contributed by atoms with van der Waals surface area (Å²) in [7, 11) is 0. The summed E-state index contributed by atoms with van der Waals surface area (Å²) in [5.74, 6) is 0.175. The second-order valence-electron chi connectivity index (χ2n) is 6.48. The predicted octanol–water partition coefficient (Wildman–Crippen LogP) is 2.94. The fourth-order valence-corrected chi connectivity index (χ4v) is 3.06. The van der Waals surface area contributed by atoms with Crippen molar-refractivity contribution >= 4 is 5.91 Å². The fraction of sp³-hybridized carbons (Fsp3) is 0.933. The van der Waals surface area contributed by atoms with Gasteiger partial charge >= 0.3 is 0 Å². The summed E-state index contributed by atoms with van der Waals surface area (Å²) in [5, 5.41) is 3.16. The van der Waals surface area contributed by atoms with Crippen molar-refractivity contribution in [2.45, 2.75) is 84.3 Å². The first-order chi connectivity index (χ1) is 8.35. The molecule has 1 aliphatic rings. The van der Waals surface area contributed by atoms with Crippen LogP contribution in [0.1, 0.15) is 66.7 Å². The average Bonchev–Trinajstić information content (AvgIpc) is 2.22. The minimum atomic E-state index is -0.0753. The molecule has 3 nitrogen and oxygen atoms in total. The molecule has 0 spiro atoms. The Morgan fingerprint density at radius 1 is 1.28 bits per heavy atom. The van der Waals surface area contributed by atoms with E-state index in [1.165, 1.54) is 19.3 Å². The Kier molecular flexibility index (Phi) is 5.64. The zero-order valence-corrected chi connectivity index (χ0v) is 12.8. The number of hydrogen-bond acceptors (Lipinski definition) is 2. The molecule has 0 bridgehead atoms. The lowest BCUT2D eigenvalue weighted by molar-refractivity contribution is -0.125. The van der Waals surface area contributed by atoms with E-state index in [0.29, 0.717) is 18.6 Å². The van der Waals surface area contributed by atoms with Gasteiger partial charge in [0.25, 0.3) is 0 Å². The Morgan fingerprint density at radius 2 is 1.83 bits per heavy atom. The molecule has 1 heterocycles. The van der Waals surface area contributed by atoms with Crippen LogP contribution < -0.4 is 5.32 Å². The Balaban J connectivity index is 2.48. The molecule has 106 valence electrons. The van der Waals surface area contributed by atoms with Gasteiger partial charge in [0.05, 0.1) is 6.54 Å². The number of nitrogens with zero attached hydrogens (tertiary/aromatic N) is 1. The van der Waals surface area contributed by atoms with Crippen molar-refractivity contribution in [1.82, 2.24) is 10.2 Å². The minimum absolute atomic E-state index is 0.0753. The molecular weight excluding hydrogens is 224 g/mol. The van der Waals surface area contributed by atoms with Gasteiger partial charge in [0, 0.05) is 17.6 Å². The Hall–Kier alpha value is -0.570. The monoisotopic (exact) mass is 254 g/mol. The summed E-state index contributed by atoms with van der Waals surface area (Å²) in [4.78, 5) is 14.5. The first-order valence-corrected chi connectivity index (χ1v) is 7.42.